The Morgan fingerprint density at radius 2 is 2.06 bits per heavy atom. The lowest BCUT2D eigenvalue weighted by Gasteiger charge is -2.44. The molecule has 1 fully saturated rings. The van der Waals surface area contributed by atoms with Gasteiger partial charge in [-0.3, -0.25) is 4.79 Å². The molecule has 31 heavy (non-hydrogen) atoms. The standard InChI is InChI=1S/C20H22N2O9/c1-28-13-4-3-9-7-10(19(26)30-15(9)16(13)29-2)21-18(25)11-8-20(27)6-5-12(23)14(24)17(20)31-22-11/h3-4,7,12,14,17,23-24,27H,5-6,8H2,1-2H3,(H,21,25)/t12-,14-,17+,20-/m1/s1. The fourth-order valence-electron chi connectivity index (χ4n) is 3.92. The van der Waals surface area contributed by atoms with E-state index in [-0.39, 0.29) is 42.0 Å². The van der Waals surface area contributed by atoms with E-state index in [9.17, 15) is 24.9 Å². The highest BCUT2D eigenvalue weighted by molar-refractivity contribution is 6.43. The van der Waals surface area contributed by atoms with Crippen molar-refractivity contribution in [2.45, 2.75) is 43.2 Å². The highest BCUT2D eigenvalue weighted by atomic mass is 16.7. The number of rotatable bonds is 4. The van der Waals surface area contributed by atoms with E-state index in [2.05, 4.69) is 10.5 Å². The van der Waals surface area contributed by atoms with Crippen LogP contribution in [-0.2, 0) is 9.63 Å². The van der Waals surface area contributed by atoms with E-state index in [0.717, 1.165) is 0 Å². The average Bonchev–Trinajstić information content (AvgIpc) is 2.76. The van der Waals surface area contributed by atoms with Gasteiger partial charge in [-0.2, -0.15) is 0 Å². The molecular formula is C20H22N2O9. The minimum atomic E-state index is -1.56. The molecular weight excluding hydrogens is 412 g/mol. The van der Waals surface area contributed by atoms with Crippen molar-refractivity contribution < 1.29 is 38.8 Å². The third kappa shape index (κ3) is 3.60. The van der Waals surface area contributed by atoms with Gasteiger partial charge in [-0.1, -0.05) is 5.16 Å². The molecule has 2 aliphatic rings. The Morgan fingerprint density at radius 1 is 1.29 bits per heavy atom. The summed E-state index contributed by atoms with van der Waals surface area (Å²) >= 11 is 0. The predicted molar refractivity (Wildman–Crippen MR) is 107 cm³/mol. The second kappa shape index (κ2) is 7.84. The van der Waals surface area contributed by atoms with Gasteiger partial charge in [0, 0.05) is 11.8 Å². The van der Waals surface area contributed by atoms with Crippen LogP contribution in [0.15, 0.2) is 32.6 Å². The minimum Gasteiger partial charge on any atom is -0.493 e. The monoisotopic (exact) mass is 434 g/mol. The Hall–Kier alpha value is -3.15. The number of fused-ring (bicyclic) bond motifs is 2. The number of anilines is 1. The van der Waals surface area contributed by atoms with Gasteiger partial charge >= 0.3 is 5.63 Å². The Kier molecular flexibility index (Phi) is 5.33. The molecule has 2 aromatic rings. The normalized spacial score (nSPS) is 27.6. The fourth-order valence-corrected chi connectivity index (χ4v) is 3.92. The Labute approximate surface area is 175 Å². The first kappa shape index (κ1) is 21.1. The third-order valence-electron chi connectivity index (χ3n) is 5.61. The van der Waals surface area contributed by atoms with Crippen LogP contribution >= 0.6 is 0 Å². The zero-order chi connectivity index (χ0) is 22.3. The SMILES string of the molecule is COc1ccc2cc(NC(=O)C3=NO[C@H]4[C@H](O)[C@H](O)CC[C@@]4(O)C3)c(=O)oc2c1OC. The number of carbonyl (C=O) groups excluding carboxylic acids is 1. The molecule has 1 aromatic heterocycles. The van der Waals surface area contributed by atoms with E-state index in [1.165, 1.54) is 20.3 Å². The number of aliphatic hydroxyl groups excluding tert-OH is 2. The van der Waals surface area contributed by atoms with Gasteiger partial charge in [-0.25, -0.2) is 4.79 Å². The molecule has 11 nitrogen and oxygen atoms in total. The number of carbonyl (C=O) groups is 1. The van der Waals surface area contributed by atoms with E-state index in [0.29, 0.717) is 11.1 Å². The lowest BCUT2D eigenvalue weighted by atomic mass is 9.75. The lowest BCUT2D eigenvalue weighted by molar-refractivity contribution is -0.210. The fraction of sp³-hybridized carbons (Fsp3) is 0.450. The quantitative estimate of drug-likeness (QED) is 0.491. The van der Waals surface area contributed by atoms with Gasteiger partial charge in [-0.15, -0.1) is 0 Å². The molecule has 0 radical (unpaired) electrons. The minimum absolute atomic E-state index is 0.113. The Bertz CT molecular complexity index is 1110. The second-order valence-electron chi connectivity index (χ2n) is 7.56. The summed E-state index contributed by atoms with van der Waals surface area (Å²) in [4.78, 5) is 30.2. The first-order chi connectivity index (χ1) is 14.8. The molecule has 4 N–H and O–H groups in total. The maximum Gasteiger partial charge on any atom is 0.360 e. The number of methoxy groups -OCH3 is 2. The molecule has 0 saturated heterocycles. The zero-order valence-electron chi connectivity index (χ0n) is 16.8. The number of aliphatic hydroxyl groups is 3. The van der Waals surface area contributed by atoms with E-state index in [4.69, 9.17) is 18.7 Å². The van der Waals surface area contributed by atoms with Gasteiger partial charge in [0.25, 0.3) is 5.91 Å². The summed E-state index contributed by atoms with van der Waals surface area (Å²) in [5.41, 5.74) is -2.52. The summed E-state index contributed by atoms with van der Waals surface area (Å²) in [6.45, 7) is 0. The Morgan fingerprint density at radius 3 is 2.77 bits per heavy atom. The van der Waals surface area contributed by atoms with Gasteiger partial charge in [-0.05, 0) is 31.0 Å². The zero-order valence-corrected chi connectivity index (χ0v) is 16.8. The molecule has 0 unspecified atom stereocenters. The van der Waals surface area contributed by atoms with Crippen LogP contribution in [0, 0.1) is 0 Å². The van der Waals surface area contributed by atoms with Crippen molar-refractivity contribution in [1.29, 1.82) is 0 Å². The number of nitrogens with one attached hydrogen (secondary N) is 1. The van der Waals surface area contributed by atoms with Crippen LogP contribution in [0.2, 0.25) is 0 Å². The molecule has 1 aromatic carbocycles. The van der Waals surface area contributed by atoms with Crippen LogP contribution in [0.1, 0.15) is 19.3 Å². The van der Waals surface area contributed by atoms with Crippen molar-refractivity contribution >= 4 is 28.3 Å². The van der Waals surface area contributed by atoms with Crippen molar-refractivity contribution in [1.82, 2.24) is 0 Å². The number of nitrogens with zero attached hydrogens (tertiary/aromatic N) is 1. The summed E-state index contributed by atoms with van der Waals surface area (Å²) in [7, 11) is 2.86. The highest BCUT2D eigenvalue weighted by Crippen LogP contribution is 2.38. The van der Waals surface area contributed by atoms with Crippen molar-refractivity contribution in [3.05, 3.63) is 28.6 Å². The first-order valence-electron chi connectivity index (χ1n) is 9.59. The van der Waals surface area contributed by atoms with Crippen molar-refractivity contribution in [2.75, 3.05) is 19.5 Å². The van der Waals surface area contributed by atoms with Gasteiger partial charge in [0.05, 0.1) is 20.3 Å². The summed E-state index contributed by atoms with van der Waals surface area (Å²) < 4.78 is 15.8. The number of amides is 1. The lowest BCUT2D eigenvalue weighted by Crippen LogP contribution is -2.61. The van der Waals surface area contributed by atoms with Gasteiger partial charge in [0.15, 0.2) is 17.4 Å². The molecule has 0 bridgehead atoms. The predicted octanol–water partition coefficient (Wildman–Crippen LogP) is 0.140. The number of benzene rings is 1. The summed E-state index contributed by atoms with van der Waals surface area (Å²) in [6, 6.07) is 4.69. The van der Waals surface area contributed by atoms with E-state index in [1.807, 2.05) is 0 Å². The molecule has 1 amide bonds. The molecule has 4 rings (SSSR count). The van der Waals surface area contributed by atoms with Crippen LogP contribution in [-0.4, -0.2) is 65.1 Å². The van der Waals surface area contributed by atoms with Crippen LogP contribution in [0.4, 0.5) is 5.69 Å². The van der Waals surface area contributed by atoms with Crippen molar-refractivity contribution in [2.24, 2.45) is 5.16 Å². The van der Waals surface area contributed by atoms with Crippen molar-refractivity contribution in [3.8, 4) is 11.5 Å². The molecule has 1 aliphatic carbocycles. The van der Waals surface area contributed by atoms with Gasteiger partial charge in [0.2, 0.25) is 5.75 Å². The summed E-state index contributed by atoms with van der Waals surface area (Å²) in [6.07, 6.45) is -3.48. The molecule has 0 spiro atoms. The maximum absolute atomic E-state index is 12.7. The molecule has 2 heterocycles. The molecule has 4 atom stereocenters. The van der Waals surface area contributed by atoms with Crippen LogP contribution in [0.5, 0.6) is 11.5 Å². The smallest absolute Gasteiger partial charge is 0.360 e. The average molecular weight is 434 g/mol. The third-order valence-corrected chi connectivity index (χ3v) is 5.61. The molecule has 1 saturated carbocycles. The molecule has 166 valence electrons. The maximum atomic E-state index is 12.7. The number of oxime groups is 1. The number of hydrogen-bond donors (Lipinski definition) is 4. The summed E-state index contributed by atoms with van der Waals surface area (Å²) in [5.74, 6) is -0.141. The van der Waals surface area contributed by atoms with E-state index >= 15 is 0 Å². The van der Waals surface area contributed by atoms with Gasteiger partial charge < -0.3 is 39.4 Å². The van der Waals surface area contributed by atoms with Crippen LogP contribution < -0.4 is 20.4 Å². The topological polar surface area (TPSA) is 160 Å². The largest absolute Gasteiger partial charge is 0.493 e. The second-order valence-corrected chi connectivity index (χ2v) is 7.56. The van der Waals surface area contributed by atoms with Crippen LogP contribution in [0.25, 0.3) is 11.0 Å². The highest BCUT2D eigenvalue weighted by Gasteiger charge is 2.53. The molecule has 1 aliphatic heterocycles. The Balaban J connectivity index is 1.60. The first-order valence-corrected chi connectivity index (χ1v) is 9.59. The number of ether oxygens (including phenoxy) is 2. The van der Waals surface area contributed by atoms with Crippen molar-refractivity contribution in [3.63, 3.8) is 0 Å². The van der Waals surface area contributed by atoms with Gasteiger partial charge in [0.1, 0.15) is 23.1 Å². The van der Waals surface area contributed by atoms with Crippen LogP contribution in [0.3, 0.4) is 0 Å². The van der Waals surface area contributed by atoms with E-state index in [1.54, 1.807) is 12.1 Å². The molecule has 11 heteroatoms. The summed E-state index contributed by atoms with van der Waals surface area (Å²) in [5, 5.41) is 37.2. The van der Waals surface area contributed by atoms with E-state index < -0.39 is 35.4 Å². The number of hydrogen-bond acceptors (Lipinski definition) is 10.